The van der Waals surface area contributed by atoms with E-state index in [1.165, 1.54) is 43.4 Å². The van der Waals surface area contributed by atoms with Crippen LogP contribution in [0.2, 0.25) is 0 Å². The molecule has 1 saturated carbocycles. The molecular formula is C13H22N2OS. The van der Waals surface area contributed by atoms with Crippen molar-refractivity contribution in [2.45, 2.75) is 51.0 Å². The highest BCUT2D eigenvalue weighted by atomic mass is 32.1. The van der Waals surface area contributed by atoms with Crippen LogP contribution in [0.4, 0.5) is 0 Å². The van der Waals surface area contributed by atoms with Crippen molar-refractivity contribution in [3.8, 4) is 0 Å². The van der Waals surface area contributed by atoms with E-state index in [4.69, 9.17) is 5.73 Å². The van der Waals surface area contributed by atoms with Crippen LogP contribution in [0.15, 0.2) is 11.6 Å². The van der Waals surface area contributed by atoms with Crippen molar-refractivity contribution in [1.82, 2.24) is 4.98 Å². The summed E-state index contributed by atoms with van der Waals surface area (Å²) in [6.07, 6.45) is 9.57. The van der Waals surface area contributed by atoms with Crippen LogP contribution >= 0.6 is 11.3 Å². The Morgan fingerprint density at radius 2 is 1.94 bits per heavy atom. The minimum Gasteiger partial charge on any atom is -0.385 e. The van der Waals surface area contributed by atoms with Gasteiger partial charge in [-0.3, -0.25) is 0 Å². The molecule has 96 valence electrons. The molecule has 17 heavy (non-hydrogen) atoms. The van der Waals surface area contributed by atoms with E-state index in [-0.39, 0.29) is 5.41 Å². The summed E-state index contributed by atoms with van der Waals surface area (Å²) < 4.78 is 0. The lowest BCUT2D eigenvalue weighted by Gasteiger charge is -2.37. The Balaban J connectivity index is 2.15. The summed E-state index contributed by atoms with van der Waals surface area (Å²) >= 11 is 1.53. The van der Waals surface area contributed by atoms with Gasteiger partial charge in [0.05, 0.1) is 0 Å². The first-order valence-electron chi connectivity index (χ1n) is 6.56. The predicted molar refractivity (Wildman–Crippen MR) is 70.9 cm³/mol. The molecule has 0 amide bonds. The number of aliphatic hydroxyl groups is 1. The number of rotatable bonds is 3. The lowest BCUT2D eigenvalue weighted by atomic mass is 9.72. The van der Waals surface area contributed by atoms with Gasteiger partial charge in [-0.05, 0) is 12.8 Å². The van der Waals surface area contributed by atoms with Gasteiger partial charge in [-0.15, -0.1) is 11.3 Å². The number of aromatic nitrogens is 1. The highest BCUT2D eigenvalue weighted by Crippen LogP contribution is 2.44. The molecule has 1 unspecified atom stereocenters. The molecule has 0 radical (unpaired) electrons. The molecule has 0 aliphatic heterocycles. The van der Waals surface area contributed by atoms with E-state index in [1.807, 2.05) is 5.38 Å². The van der Waals surface area contributed by atoms with E-state index in [2.05, 4.69) is 4.98 Å². The van der Waals surface area contributed by atoms with Crippen molar-refractivity contribution < 1.29 is 5.11 Å². The van der Waals surface area contributed by atoms with E-state index in [9.17, 15) is 5.11 Å². The second-order valence-corrected chi connectivity index (χ2v) is 6.03. The smallest absolute Gasteiger partial charge is 0.122 e. The van der Waals surface area contributed by atoms with Gasteiger partial charge < -0.3 is 10.8 Å². The number of thiazole rings is 1. The topological polar surface area (TPSA) is 59.1 Å². The lowest BCUT2D eigenvalue weighted by Crippen LogP contribution is -2.37. The fourth-order valence-electron chi connectivity index (χ4n) is 2.83. The molecule has 2 rings (SSSR count). The normalized spacial score (nSPS) is 22.7. The van der Waals surface area contributed by atoms with E-state index >= 15 is 0 Å². The summed E-state index contributed by atoms with van der Waals surface area (Å²) in [5, 5.41) is 13.3. The fourth-order valence-corrected chi connectivity index (χ4v) is 3.59. The summed E-state index contributed by atoms with van der Waals surface area (Å²) in [5.41, 5.74) is 5.84. The highest BCUT2D eigenvalue weighted by Gasteiger charge is 2.38. The molecule has 1 aromatic heterocycles. The van der Waals surface area contributed by atoms with Gasteiger partial charge in [0, 0.05) is 23.5 Å². The Hall–Kier alpha value is -0.450. The molecule has 1 aromatic rings. The molecule has 1 atom stereocenters. The first-order valence-corrected chi connectivity index (χ1v) is 7.44. The van der Waals surface area contributed by atoms with Gasteiger partial charge in [0.1, 0.15) is 11.1 Å². The molecule has 1 heterocycles. The zero-order valence-electron chi connectivity index (χ0n) is 10.3. The maximum atomic E-state index is 10.6. The summed E-state index contributed by atoms with van der Waals surface area (Å²) in [6.45, 7) is 0.563. The number of nitrogens with zero attached hydrogens (tertiary/aromatic N) is 1. The average Bonchev–Trinajstić information content (AvgIpc) is 2.82. The van der Waals surface area contributed by atoms with Crippen LogP contribution in [0.3, 0.4) is 0 Å². The first-order chi connectivity index (χ1) is 8.28. The maximum Gasteiger partial charge on any atom is 0.122 e. The number of aliphatic hydroxyl groups excluding tert-OH is 1. The van der Waals surface area contributed by atoms with Gasteiger partial charge >= 0.3 is 0 Å². The van der Waals surface area contributed by atoms with Crippen molar-refractivity contribution in [3.63, 3.8) is 0 Å². The van der Waals surface area contributed by atoms with Gasteiger partial charge in [0.2, 0.25) is 0 Å². The molecule has 4 heteroatoms. The Morgan fingerprint density at radius 1 is 1.29 bits per heavy atom. The maximum absolute atomic E-state index is 10.6. The van der Waals surface area contributed by atoms with Crippen LogP contribution in [0.1, 0.15) is 56.1 Å². The standard InChI is InChI=1S/C13H22N2OS/c14-10-13(6-4-2-1-3-5-7-13)11(16)12-15-8-9-17-12/h8-9,11,16H,1-7,10,14H2. The summed E-state index contributed by atoms with van der Waals surface area (Å²) in [4.78, 5) is 4.25. The Bertz CT molecular complexity index is 318. The van der Waals surface area contributed by atoms with Crippen molar-refractivity contribution in [3.05, 3.63) is 16.6 Å². The Morgan fingerprint density at radius 3 is 2.47 bits per heavy atom. The molecule has 0 saturated heterocycles. The number of hydrogen-bond acceptors (Lipinski definition) is 4. The quantitative estimate of drug-likeness (QED) is 0.872. The average molecular weight is 254 g/mol. The van der Waals surface area contributed by atoms with Crippen molar-refractivity contribution in [2.24, 2.45) is 11.1 Å². The molecule has 0 bridgehead atoms. The summed E-state index contributed by atoms with van der Waals surface area (Å²) in [5.74, 6) is 0. The van der Waals surface area contributed by atoms with Crippen LogP contribution < -0.4 is 5.73 Å². The van der Waals surface area contributed by atoms with Gasteiger partial charge in [0.25, 0.3) is 0 Å². The predicted octanol–water partition coefficient (Wildman–Crippen LogP) is 2.87. The van der Waals surface area contributed by atoms with Crippen molar-refractivity contribution >= 4 is 11.3 Å². The molecule has 3 nitrogen and oxygen atoms in total. The van der Waals surface area contributed by atoms with Crippen LogP contribution in [-0.4, -0.2) is 16.6 Å². The zero-order chi connectivity index (χ0) is 12.1. The fraction of sp³-hybridized carbons (Fsp3) is 0.769. The van der Waals surface area contributed by atoms with Crippen LogP contribution in [0.5, 0.6) is 0 Å². The first kappa shape index (κ1) is 13.0. The third kappa shape index (κ3) is 2.87. The van der Waals surface area contributed by atoms with Gasteiger partial charge in [0.15, 0.2) is 0 Å². The van der Waals surface area contributed by atoms with E-state index < -0.39 is 6.10 Å². The molecule has 1 aliphatic carbocycles. The van der Waals surface area contributed by atoms with E-state index in [0.29, 0.717) is 6.54 Å². The van der Waals surface area contributed by atoms with Crippen LogP contribution in [0, 0.1) is 5.41 Å². The molecular weight excluding hydrogens is 232 g/mol. The Labute approximate surface area is 107 Å². The molecule has 3 N–H and O–H groups in total. The molecule has 0 spiro atoms. The molecule has 0 aromatic carbocycles. The van der Waals surface area contributed by atoms with E-state index in [1.54, 1.807) is 6.20 Å². The SMILES string of the molecule is NCC1(C(O)c2nccs2)CCCCCCC1. The summed E-state index contributed by atoms with van der Waals surface area (Å²) in [6, 6.07) is 0. The van der Waals surface area contributed by atoms with Gasteiger partial charge in [-0.1, -0.05) is 32.1 Å². The van der Waals surface area contributed by atoms with Crippen molar-refractivity contribution in [1.29, 1.82) is 0 Å². The lowest BCUT2D eigenvalue weighted by molar-refractivity contribution is 0.00834. The largest absolute Gasteiger partial charge is 0.385 e. The number of nitrogens with two attached hydrogens (primary N) is 1. The third-order valence-electron chi connectivity index (χ3n) is 4.02. The van der Waals surface area contributed by atoms with Gasteiger partial charge in [-0.2, -0.15) is 0 Å². The summed E-state index contributed by atoms with van der Waals surface area (Å²) in [7, 11) is 0. The van der Waals surface area contributed by atoms with Crippen molar-refractivity contribution in [2.75, 3.05) is 6.54 Å². The van der Waals surface area contributed by atoms with Crippen LogP contribution in [-0.2, 0) is 0 Å². The number of hydrogen-bond donors (Lipinski definition) is 2. The minimum atomic E-state index is -0.481. The third-order valence-corrected chi connectivity index (χ3v) is 4.85. The second-order valence-electron chi connectivity index (χ2n) is 5.11. The zero-order valence-corrected chi connectivity index (χ0v) is 11.1. The van der Waals surface area contributed by atoms with E-state index in [0.717, 1.165) is 17.8 Å². The van der Waals surface area contributed by atoms with Gasteiger partial charge in [-0.25, -0.2) is 4.98 Å². The van der Waals surface area contributed by atoms with Crippen LogP contribution in [0.25, 0.3) is 0 Å². The highest BCUT2D eigenvalue weighted by molar-refractivity contribution is 7.09. The minimum absolute atomic E-state index is 0.141. The molecule has 1 aliphatic rings. The Kier molecular flexibility index (Phi) is 4.54. The molecule has 1 fully saturated rings. The second kappa shape index (κ2) is 5.94. The monoisotopic (exact) mass is 254 g/mol.